The van der Waals surface area contributed by atoms with Crippen LogP contribution >= 0.6 is 0 Å². The molecule has 0 aromatic heterocycles. The lowest BCUT2D eigenvalue weighted by atomic mass is 9.99. The summed E-state index contributed by atoms with van der Waals surface area (Å²) in [5.74, 6) is 0.125. The van der Waals surface area contributed by atoms with Crippen molar-refractivity contribution in [2.75, 3.05) is 26.2 Å². The Bertz CT molecular complexity index is 415. The van der Waals surface area contributed by atoms with Gasteiger partial charge in [-0.3, -0.25) is 9.69 Å². The van der Waals surface area contributed by atoms with Crippen molar-refractivity contribution in [3.63, 3.8) is 0 Å². The number of nitrogens with zero attached hydrogens (tertiary/aromatic N) is 2. The lowest BCUT2D eigenvalue weighted by molar-refractivity contribution is -0.136. The number of aliphatic hydroxyl groups is 1. The van der Waals surface area contributed by atoms with E-state index in [0.717, 1.165) is 19.3 Å². The van der Waals surface area contributed by atoms with Gasteiger partial charge < -0.3 is 14.7 Å². The number of hydrogen-bond donors (Lipinski definition) is 1. The molecule has 134 valence electrons. The fourth-order valence-electron chi connectivity index (χ4n) is 2.75. The van der Waals surface area contributed by atoms with Gasteiger partial charge in [-0.2, -0.15) is 0 Å². The molecule has 1 fully saturated rings. The van der Waals surface area contributed by atoms with Crippen LogP contribution in [-0.2, 0) is 9.53 Å². The highest BCUT2D eigenvalue weighted by Crippen LogP contribution is 2.24. The maximum absolute atomic E-state index is 12.3. The average Bonchev–Trinajstić information content (AvgIpc) is 2.40. The molecule has 0 spiro atoms. The van der Waals surface area contributed by atoms with Gasteiger partial charge in [-0.1, -0.05) is 6.42 Å². The minimum absolute atomic E-state index is 0.125. The first-order chi connectivity index (χ1) is 10.6. The number of carbonyl (C=O) groups is 2. The first kappa shape index (κ1) is 19.7. The lowest BCUT2D eigenvalue weighted by Gasteiger charge is -2.47. The van der Waals surface area contributed by atoms with E-state index in [1.807, 2.05) is 39.5 Å². The van der Waals surface area contributed by atoms with Crippen molar-refractivity contribution < 1.29 is 19.4 Å². The molecule has 0 aromatic carbocycles. The molecule has 2 amide bonds. The van der Waals surface area contributed by atoms with Crippen LogP contribution in [0.25, 0.3) is 0 Å². The molecule has 23 heavy (non-hydrogen) atoms. The molecule has 0 aromatic rings. The quantitative estimate of drug-likeness (QED) is 0.787. The van der Waals surface area contributed by atoms with Crippen LogP contribution in [0.2, 0.25) is 0 Å². The Kier molecular flexibility index (Phi) is 6.86. The summed E-state index contributed by atoms with van der Waals surface area (Å²) in [5.41, 5.74) is -0.964. The van der Waals surface area contributed by atoms with Gasteiger partial charge in [0.1, 0.15) is 5.60 Å². The zero-order valence-electron chi connectivity index (χ0n) is 15.2. The van der Waals surface area contributed by atoms with Gasteiger partial charge in [-0.25, -0.2) is 4.79 Å². The smallest absolute Gasteiger partial charge is 0.410 e. The molecule has 0 saturated carbocycles. The molecule has 0 atom stereocenters. The molecule has 1 aliphatic rings. The second-order valence-corrected chi connectivity index (χ2v) is 7.79. The Morgan fingerprint density at radius 2 is 1.78 bits per heavy atom. The van der Waals surface area contributed by atoms with Gasteiger partial charge in [0.2, 0.25) is 5.91 Å². The third kappa shape index (κ3) is 6.37. The van der Waals surface area contributed by atoms with Crippen LogP contribution in [0.4, 0.5) is 4.79 Å². The van der Waals surface area contributed by atoms with E-state index in [4.69, 9.17) is 9.84 Å². The van der Waals surface area contributed by atoms with Crippen molar-refractivity contribution in [1.29, 1.82) is 0 Å². The summed E-state index contributed by atoms with van der Waals surface area (Å²) in [6, 6.07) is 0. The van der Waals surface area contributed by atoms with Crippen LogP contribution in [0, 0.1) is 0 Å². The number of piperazine rings is 1. The summed E-state index contributed by atoms with van der Waals surface area (Å²) in [4.78, 5) is 28.2. The van der Waals surface area contributed by atoms with E-state index in [1.54, 1.807) is 4.90 Å². The number of ether oxygens (including phenoxy) is 1. The minimum atomic E-state index is -0.521. The predicted molar refractivity (Wildman–Crippen MR) is 89.2 cm³/mol. The normalized spacial score (nSPS) is 18.0. The highest BCUT2D eigenvalue weighted by molar-refractivity contribution is 5.77. The second kappa shape index (κ2) is 7.99. The predicted octanol–water partition coefficient (Wildman–Crippen LogP) is 2.40. The van der Waals surface area contributed by atoms with E-state index < -0.39 is 11.1 Å². The lowest BCUT2D eigenvalue weighted by Crippen LogP contribution is -2.62. The van der Waals surface area contributed by atoms with Crippen LogP contribution in [0.3, 0.4) is 0 Å². The summed E-state index contributed by atoms with van der Waals surface area (Å²) in [7, 11) is 0. The van der Waals surface area contributed by atoms with E-state index in [2.05, 4.69) is 0 Å². The topological polar surface area (TPSA) is 70.1 Å². The molecular weight excluding hydrogens is 296 g/mol. The minimum Gasteiger partial charge on any atom is -0.444 e. The second-order valence-electron chi connectivity index (χ2n) is 7.79. The SMILES string of the molecule is CC(C)(C)OC(=O)N1CCN(C(=O)CCCCCO)CC1(C)C. The Hall–Kier alpha value is -1.30. The standard InChI is InChI=1S/C17H32N2O4/c1-16(2,3)23-15(22)19-11-10-18(13-17(19,4)5)14(21)9-7-6-8-12-20/h20H,6-13H2,1-5H3. The molecule has 1 aliphatic heterocycles. The van der Waals surface area contributed by atoms with Crippen molar-refractivity contribution in [3.8, 4) is 0 Å². The Morgan fingerprint density at radius 1 is 1.13 bits per heavy atom. The maximum Gasteiger partial charge on any atom is 0.410 e. The number of aliphatic hydroxyl groups excluding tert-OH is 1. The molecule has 0 aliphatic carbocycles. The van der Waals surface area contributed by atoms with Crippen LogP contribution < -0.4 is 0 Å². The van der Waals surface area contributed by atoms with Crippen molar-refractivity contribution in [3.05, 3.63) is 0 Å². The zero-order valence-corrected chi connectivity index (χ0v) is 15.2. The Balaban J connectivity index is 2.56. The summed E-state index contributed by atoms with van der Waals surface area (Å²) in [5, 5.41) is 8.77. The summed E-state index contributed by atoms with van der Waals surface area (Å²) < 4.78 is 5.46. The van der Waals surface area contributed by atoms with Crippen LogP contribution in [-0.4, -0.2) is 64.3 Å². The van der Waals surface area contributed by atoms with E-state index in [9.17, 15) is 9.59 Å². The molecule has 1 heterocycles. The van der Waals surface area contributed by atoms with Gasteiger partial charge >= 0.3 is 6.09 Å². The first-order valence-electron chi connectivity index (χ1n) is 8.46. The van der Waals surface area contributed by atoms with Crippen molar-refractivity contribution >= 4 is 12.0 Å². The van der Waals surface area contributed by atoms with Crippen molar-refractivity contribution in [1.82, 2.24) is 9.80 Å². The molecule has 1 rings (SSSR count). The van der Waals surface area contributed by atoms with Crippen LogP contribution in [0.1, 0.15) is 60.3 Å². The van der Waals surface area contributed by atoms with Gasteiger partial charge in [0.15, 0.2) is 0 Å². The molecule has 0 unspecified atom stereocenters. The summed E-state index contributed by atoms with van der Waals surface area (Å²) in [6.07, 6.45) is 2.58. The number of rotatable bonds is 5. The summed E-state index contributed by atoms with van der Waals surface area (Å²) in [6.45, 7) is 11.2. The maximum atomic E-state index is 12.3. The molecule has 1 saturated heterocycles. The monoisotopic (exact) mass is 328 g/mol. The molecule has 1 N–H and O–H groups in total. The largest absolute Gasteiger partial charge is 0.444 e. The van der Waals surface area contributed by atoms with E-state index >= 15 is 0 Å². The molecule has 6 nitrogen and oxygen atoms in total. The van der Waals surface area contributed by atoms with Crippen molar-refractivity contribution in [2.45, 2.75) is 71.4 Å². The number of carbonyl (C=O) groups excluding carboxylic acids is 2. The Labute approximate surface area is 139 Å². The molecule has 6 heteroatoms. The molecule has 0 bridgehead atoms. The number of hydrogen-bond acceptors (Lipinski definition) is 4. The van der Waals surface area contributed by atoms with Gasteiger partial charge in [-0.05, 0) is 47.5 Å². The average molecular weight is 328 g/mol. The van der Waals surface area contributed by atoms with E-state index in [-0.39, 0.29) is 18.6 Å². The van der Waals surface area contributed by atoms with Gasteiger partial charge in [0.25, 0.3) is 0 Å². The van der Waals surface area contributed by atoms with E-state index in [1.165, 1.54) is 0 Å². The molecule has 0 radical (unpaired) electrons. The highest BCUT2D eigenvalue weighted by Gasteiger charge is 2.39. The highest BCUT2D eigenvalue weighted by atomic mass is 16.6. The van der Waals surface area contributed by atoms with Crippen molar-refractivity contribution in [2.24, 2.45) is 0 Å². The fraction of sp³-hybridized carbons (Fsp3) is 0.882. The third-order valence-electron chi connectivity index (χ3n) is 3.92. The number of unbranched alkanes of at least 4 members (excludes halogenated alkanes) is 2. The first-order valence-corrected chi connectivity index (χ1v) is 8.46. The van der Waals surface area contributed by atoms with Gasteiger partial charge in [-0.15, -0.1) is 0 Å². The summed E-state index contributed by atoms with van der Waals surface area (Å²) >= 11 is 0. The Morgan fingerprint density at radius 3 is 2.30 bits per heavy atom. The van der Waals surface area contributed by atoms with E-state index in [0.29, 0.717) is 26.1 Å². The van der Waals surface area contributed by atoms with Gasteiger partial charge in [0, 0.05) is 32.7 Å². The molecular formula is C17H32N2O4. The number of amides is 2. The third-order valence-corrected chi connectivity index (χ3v) is 3.92. The zero-order chi connectivity index (χ0) is 17.7. The fourth-order valence-corrected chi connectivity index (χ4v) is 2.75. The van der Waals surface area contributed by atoms with Gasteiger partial charge in [0.05, 0.1) is 5.54 Å². The van der Waals surface area contributed by atoms with Crippen LogP contribution in [0.5, 0.6) is 0 Å². The van der Waals surface area contributed by atoms with Crippen LogP contribution in [0.15, 0.2) is 0 Å².